The van der Waals surface area contributed by atoms with Crippen LogP contribution in [0.25, 0.3) is 6.08 Å². The lowest BCUT2D eigenvalue weighted by molar-refractivity contribution is -0.137. The van der Waals surface area contributed by atoms with E-state index < -0.39 is 17.6 Å². The molecule has 0 unspecified atom stereocenters. The van der Waals surface area contributed by atoms with E-state index in [-0.39, 0.29) is 10.6 Å². The van der Waals surface area contributed by atoms with Crippen LogP contribution in [-0.2, 0) is 24.1 Å². The van der Waals surface area contributed by atoms with Crippen LogP contribution in [0.2, 0.25) is 5.02 Å². The summed E-state index contributed by atoms with van der Waals surface area (Å²) in [5.74, 6) is -0.408. The van der Waals surface area contributed by atoms with Gasteiger partial charge < -0.3 is 5.32 Å². The monoisotopic (exact) mass is 419 g/mol. The summed E-state index contributed by atoms with van der Waals surface area (Å²) in [6.45, 7) is 0.961. The van der Waals surface area contributed by atoms with Crippen LogP contribution in [0.3, 0.4) is 0 Å². The van der Waals surface area contributed by atoms with E-state index in [1.54, 1.807) is 6.20 Å². The number of hydrogen-bond donors (Lipinski definition) is 1. The second kappa shape index (κ2) is 8.96. The van der Waals surface area contributed by atoms with Crippen LogP contribution in [0.5, 0.6) is 0 Å². The highest BCUT2D eigenvalue weighted by molar-refractivity contribution is 6.31. The molecule has 3 rings (SSSR count). The normalized spacial score (nSPS) is 11.7. The first-order valence-corrected chi connectivity index (χ1v) is 9.07. The molecule has 0 radical (unpaired) electrons. The van der Waals surface area contributed by atoms with E-state index in [1.165, 1.54) is 18.2 Å². The van der Waals surface area contributed by atoms with Crippen LogP contribution < -0.4 is 5.32 Å². The molecule has 0 atom stereocenters. The Labute approximate surface area is 170 Å². The maximum absolute atomic E-state index is 12.9. The Kier molecular flexibility index (Phi) is 6.39. The van der Waals surface area contributed by atoms with Gasteiger partial charge in [0.05, 0.1) is 17.1 Å². The first-order chi connectivity index (χ1) is 13.8. The number of halogens is 4. The molecule has 150 valence electrons. The van der Waals surface area contributed by atoms with E-state index in [2.05, 4.69) is 10.4 Å². The summed E-state index contributed by atoms with van der Waals surface area (Å²) in [5.41, 5.74) is 1.28. The summed E-state index contributed by atoms with van der Waals surface area (Å²) in [5, 5.41) is 6.46. The summed E-state index contributed by atoms with van der Waals surface area (Å²) in [6.07, 6.45) is 1.54. The van der Waals surface area contributed by atoms with Gasteiger partial charge in [-0.05, 0) is 41.0 Å². The van der Waals surface area contributed by atoms with Crippen molar-refractivity contribution < 1.29 is 18.0 Å². The van der Waals surface area contributed by atoms with Crippen molar-refractivity contribution in [3.63, 3.8) is 0 Å². The second-order valence-electron chi connectivity index (χ2n) is 6.31. The third kappa shape index (κ3) is 5.96. The molecule has 0 spiro atoms. The van der Waals surface area contributed by atoms with Crippen molar-refractivity contribution in [2.75, 3.05) is 0 Å². The molecule has 3 aromatic rings. The highest BCUT2D eigenvalue weighted by Gasteiger charge is 2.33. The van der Waals surface area contributed by atoms with Gasteiger partial charge in [0.25, 0.3) is 0 Å². The van der Waals surface area contributed by atoms with Gasteiger partial charge in [0.1, 0.15) is 0 Å². The number of carbonyl (C=O) groups excluding carboxylic acids is 1. The van der Waals surface area contributed by atoms with Gasteiger partial charge in [0.2, 0.25) is 5.91 Å². The highest BCUT2D eigenvalue weighted by Crippen LogP contribution is 2.35. The molecule has 29 heavy (non-hydrogen) atoms. The van der Waals surface area contributed by atoms with Crippen LogP contribution in [0.1, 0.15) is 22.3 Å². The lowest BCUT2D eigenvalue weighted by Crippen LogP contribution is -2.20. The number of hydrogen-bond acceptors (Lipinski definition) is 2. The summed E-state index contributed by atoms with van der Waals surface area (Å²) >= 11 is 5.58. The van der Waals surface area contributed by atoms with E-state index in [4.69, 9.17) is 11.6 Å². The minimum Gasteiger partial charge on any atom is -0.348 e. The van der Waals surface area contributed by atoms with E-state index in [1.807, 2.05) is 41.2 Å². The smallest absolute Gasteiger partial charge is 0.348 e. The number of carbonyl (C=O) groups is 1. The molecule has 1 amide bonds. The van der Waals surface area contributed by atoms with Crippen molar-refractivity contribution >= 4 is 23.6 Å². The average Bonchev–Trinajstić information content (AvgIpc) is 3.19. The number of nitrogens with zero attached hydrogens (tertiary/aromatic N) is 2. The van der Waals surface area contributed by atoms with Gasteiger partial charge in [-0.3, -0.25) is 9.48 Å². The van der Waals surface area contributed by atoms with Gasteiger partial charge >= 0.3 is 6.18 Å². The van der Waals surface area contributed by atoms with Crippen LogP contribution in [-0.4, -0.2) is 15.7 Å². The third-order valence-corrected chi connectivity index (χ3v) is 4.45. The largest absolute Gasteiger partial charge is 0.417 e. The number of rotatable bonds is 6. The fraction of sp³-hybridized carbons (Fsp3) is 0.143. The molecule has 0 fully saturated rings. The molecule has 0 bridgehead atoms. The number of alkyl halides is 3. The molecule has 8 heteroatoms. The highest BCUT2D eigenvalue weighted by atomic mass is 35.5. The zero-order valence-corrected chi connectivity index (χ0v) is 15.9. The predicted molar refractivity (Wildman–Crippen MR) is 105 cm³/mol. The van der Waals surface area contributed by atoms with Crippen LogP contribution in [0.4, 0.5) is 13.2 Å². The van der Waals surface area contributed by atoms with E-state index in [0.29, 0.717) is 13.1 Å². The molecule has 4 nitrogen and oxygen atoms in total. The maximum Gasteiger partial charge on any atom is 0.417 e. The molecule has 0 saturated heterocycles. The summed E-state index contributed by atoms with van der Waals surface area (Å²) < 4.78 is 40.4. The van der Waals surface area contributed by atoms with Crippen molar-refractivity contribution in [2.24, 2.45) is 0 Å². The van der Waals surface area contributed by atoms with E-state index in [9.17, 15) is 18.0 Å². The molecule has 1 heterocycles. The average molecular weight is 420 g/mol. The first-order valence-electron chi connectivity index (χ1n) is 8.69. The molecule has 0 aliphatic rings. The van der Waals surface area contributed by atoms with Gasteiger partial charge in [0.15, 0.2) is 0 Å². The van der Waals surface area contributed by atoms with Gasteiger partial charge in [-0.15, -0.1) is 0 Å². The topological polar surface area (TPSA) is 46.9 Å². The molecular formula is C21H17ClF3N3O. The standard InChI is InChI=1S/C21H17ClF3N3O/c22-19-8-6-15(12-18(19)21(23,24)25)7-9-20(29)26-13-16-2-4-17(5-3-16)14-28-11-1-10-27-28/h1-12H,13-14H2,(H,26,29)/b9-7+. The molecule has 2 aromatic carbocycles. The molecule has 0 aliphatic heterocycles. The lowest BCUT2D eigenvalue weighted by Gasteiger charge is -2.09. The molecular weight excluding hydrogens is 403 g/mol. The molecule has 0 saturated carbocycles. The Hall–Kier alpha value is -3.06. The maximum atomic E-state index is 12.9. The predicted octanol–water partition coefficient (Wildman–Crippen LogP) is 4.93. The third-order valence-electron chi connectivity index (χ3n) is 4.12. The summed E-state index contributed by atoms with van der Waals surface area (Å²) in [7, 11) is 0. The van der Waals surface area contributed by atoms with Crippen molar-refractivity contribution in [1.29, 1.82) is 0 Å². The number of aromatic nitrogens is 2. The minimum atomic E-state index is -4.55. The Morgan fingerprint density at radius 2 is 1.86 bits per heavy atom. The van der Waals surface area contributed by atoms with Crippen LogP contribution in [0, 0.1) is 0 Å². The molecule has 1 aromatic heterocycles. The van der Waals surface area contributed by atoms with Gasteiger partial charge in [-0.1, -0.05) is 41.9 Å². The van der Waals surface area contributed by atoms with Crippen LogP contribution in [0.15, 0.2) is 67.0 Å². The van der Waals surface area contributed by atoms with Crippen molar-refractivity contribution in [3.05, 3.63) is 94.3 Å². The Morgan fingerprint density at radius 3 is 2.52 bits per heavy atom. The van der Waals surface area contributed by atoms with Crippen molar-refractivity contribution in [2.45, 2.75) is 19.3 Å². The lowest BCUT2D eigenvalue weighted by atomic mass is 10.1. The number of nitrogens with one attached hydrogen (secondary N) is 1. The molecule has 0 aliphatic carbocycles. The zero-order chi connectivity index (χ0) is 20.9. The van der Waals surface area contributed by atoms with Crippen molar-refractivity contribution in [1.82, 2.24) is 15.1 Å². The Bertz CT molecular complexity index is 997. The van der Waals surface area contributed by atoms with E-state index in [0.717, 1.165) is 23.3 Å². The Morgan fingerprint density at radius 1 is 1.14 bits per heavy atom. The molecule has 1 N–H and O–H groups in total. The quantitative estimate of drug-likeness (QED) is 0.576. The van der Waals surface area contributed by atoms with E-state index >= 15 is 0 Å². The first kappa shape index (κ1) is 20.7. The van der Waals surface area contributed by atoms with Gasteiger partial charge in [-0.25, -0.2) is 0 Å². The minimum absolute atomic E-state index is 0.236. The fourth-order valence-corrected chi connectivity index (χ4v) is 2.85. The second-order valence-corrected chi connectivity index (χ2v) is 6.72. The fourth-order valence-electron chi connectivity index (χ4n) is 2.63. The number of amides is 1. The SMILES string of the molecule is O=C(/C=C/c1ccc(Cl)c(C(F)(F)F)c1)NCc1ccc(Cn2cccn2)cc1. The van der Waals surface area contributed by atoms with Crippen LogP contribution >= 0.6 is 11.6 Å². The zero-order valence-electron chi connectivity index (χ0n) is 15.2. The summed E-state index contributed by atoms with van der Waals surface area (Å²) in [6, 6.07) is 13.0. The number of benzene rings is 2. The van der Waals surface area contributed by atoms with Gasteiger partial charge in [-0.2, -0.15) is 18.3 Å². The van der Waals surface area contributed by atoms with Gasteiger partial charge in [0, 0.05) is 25.0 Å². The van der Waals surface area contributed by atoms with Crippen molar-refractivity contribution in [3.8, 4) is 0 Å². The Balaban J connectivity index is 1.54. The summed E-state index contributed by atoms with van der Waals surface area (Å²) in [4.78, 5) is 12.0.